The first kappa shape index (κ1) is 19.0. The van der Waals surface area contributed by atoms with Crippen molar-refractivity contribution in [2.45, 2.75) is 32.4 Å². The van der Waals surface area contributed by atoms with E-state index in [0.717, 1.165) is 29.7 Å². The average Bonchev–Trinajstić information content (AvgIpc) is 3.46. The van der Waals surface area contributed by atoms with E-state index in [9.17, 15) is 4.79 Å². The van der Waals surface area contributed by atoms with Crippen LogP contribution in [0.2, 0.25) is 5.02 Å². The SMILES string of the molecule is O=C(NCC1CC1)Oc1noc2c1CN(C(=S)NCc1ccc(Cl)cc1)CC2. The molecule has 2 aromatic rings. The van der Waals surface area contributed by atoms with E-state index < -0.39 is 6.09 Å². The molecule has 1 aliphatic carbocycles. The summed E-state index contributed by atoms with van der Waals surface area (Å²) in [5.74, 6) is 1.54. The Kier molecular flexibility index (Phi) is 5.68. The lowest BCUT2D eigenvalue weighted by Crippen LogP contribution is -2.42. The highest BCUT2D eigenvalue weighted by atomic mass is 35.5. The number of nitrogens with zero attached hydrogens (tertiary/aromatic N) is 2. The van der Waals surface area contributed by atoms with Crippen molar-refractivity contribution in [3.63, 3.8) is 0 Å². The molecule has 0 spiro atoms. The molecule has 1 aromatic carbocycles. The number of thiocarbonyl (C=S) groups is 1. The summed E-state index contributed by atoms with van der Waals surface area (Å²) in [7, 11) is 0. The van der Waals surface area contributed by atoms with Crippen molar-refractivity contribution in [3.8, 4) is 5.88 Å². The van der Waals surface area contributed by atoms with Gasteiger partial charge in [-0.3, -0.25) is 0 Å². The van der Waals surface area contributed by atoms with Crippen molar-refractivity contribution in [2.24, 2.45) is 5.92 Å². The van der Waals surface area contributed by atoms with Crippen molar-refractivity contribution in [1.29, 1.82) is 0 Å². The molecular weight excluding hydrogens is 400 g/mol. The third kappa shape index (κ3) is 4.74. The Morgan fingerprint density at radius 2 is 2.11 bits per heavy atom. The van der Waals surface area contributed by atoms with E-state index in [1.807, 2.05) is 29.2 Å². The predicted molar refractivity (Wildman–Crippen MR) is 108 cm³/mol. The molecule has 1 aliphatic heterocycles. The molecule has 1 amide bonds. The molecule has 1 saturated carbocycles. The van der Waals surface area contributed by atoms with Gasteiger partial charge >= 0.3 is 6.09 Å². The number of hydrogen-bond donors (Lipinski definition) is 2. The number of rotatable bonds is 5. The summed E-state index contributed by atoms with van der Waals surface area (Å²) in [6.45, 7) is 2.44. The maximum absolute atomic E-state index is 12.0. The molecule has 0 radical (unpaired) electrons. The minimum atomic E-state index is -0.497. The molecule has 148 valence electrons. The number of aromatic nitrogens is 1. The first-order chi connectivity index (χ1) is 13.6. The summed E-state index contributed by atoms with van der Waals surface area (Å²) in [6.07, 6.45) is 2.48. The zero-order chi connectivity index (χ0) is 19.5. The van der Waals surface area contributed by atoms with E-state index >= 15 is 0 Å². The molecule has 2 aliphatic rings. The highest BCUT2D eigenvalue weighted by Crippen LogP contribution is 2.29. The number of halogens is 1. The van der Waals surface area contributed by atoms with Gasteiger partial charge in [0.1, 0.15) is 5.76 Å². The van der Waals surface area contributed by atoms with Gasteiger partial charge in [-0.15, -0.1) is 0 Å². The van der Waals surface area contributed by atoms with Gasteiger partial charge < -0.3 is 24.8 Å². The summed E-state index contributed by atoms with van der Waals surface area (Å²) >= 11 is 11.4. The normalized spacial score (nSPS) is 15.7. The minimum Gasteiger partial charge on any atom is -0.387 e. The van der Waals surface area contributed by atoms with Crippen LogP contribution in [-0.2, 0) is 19.5 Å². The number of fused-ring (bicyclic) bond motifs is 1. The number of amides is 1. The molecule has 1 aromatic heterocycles. The number of nitrogens with one attached hydrogen (secondary N) is 2. The van der Waals surface area contributed by atoms with E-state index in [-0.39, 0.29) is 5.88 Å². The lowest BCUT2D eigenvalue weighted by Gasteiger charge is -2.28. The summed E-state index contributed by atoms with van der Waals surface area (Å²) in [5, 5.41) is 11.3. The van der Waals surface area contributed by atoms with E-state index in [1.54, 1.807) is 0 Å². The van der Waals surface area contributed by atoms with E-state index in [4.69, 9.17) is 33.1 Å². The van der Waals surface area contributed by atoms with Crippen molar-refractivity contribution in [1.82, 2.24) is 20.7 Å². The zero-order valence-corrected chi connectivity index (χ0v) is 16.8. The summed E-state index contributed by atoms with van der Waals surface area (Å²) < 4.78 is 10.7. The van der Waals surface area contributed by atoms with Crippen LogP contribution in [0.4, 0.5) is 4.79 Å². The number of carbonyl (C=O) groups is 1. The monoisotopic (exact) mass is 420 g/mol. The first-order valence-corrected chi connectivity index (χ1v) is 10.1. The highest BCUT2D eigenvalue weighted by molar-refractivity contribution is 7.80. The van der Waals surface area contributed by atoms with Gasteiger partial charge in [-0.2, -0.15) is 0 Å². The highest BCUT2D eigenvalue weighted by Gasteiger charge is 2.28. The van der Waals surface area contributed by atoms with Gasteiger partial charge in [-0.1, -0.05) is 23.7 Å². The van der Waals surface area contributed by atoms with E-state index in [0.29, 0.717) is 48.7 Å². The molecule has 0 bridgehead atoms. The summed E-state index contributed by atoms with van der Waals surface area (Å²) in [4.78, 5) is 14.0. The molecule has 2 N–H and O–H groups in total. The Balaban J connectivity index is 1.32. The number of ether oxygens (including phenoxy) is 1. The van der Waals surface area contributed by atoms with Crippen LogP contribution >= 0.6 is 23.8 Å². The molecule has 1 fully saturated rings. The first-order valence-electron chi connectivity index (χ1n) is 9.29. The smallest absolute Gasteiger partial charge is 0.387 e. The molecule has 4 rings (SSSR count). The van der Waals surface area contributed by atoms with Crippen LogP contribution in [0.15, 0.2) is 28.8 Å². The van der Waals surface area contributed by atoms with Gasteiger partial charge in [0.2, 0.25) is 0 Å². The Labute approximate surface area is 173 Å². The summed E-state index contributed by atoms with van der Waals surface area (Å²) in [6, 6.07) is 7.62. The summed E-state index contributed by atoms with van der Waals surface area (Å²) in [5.41, 5.74) is 1.86. The number of hydrogen-bond acceptors (Lipinski definition) is 5. The van der Waals surface area contributed by atoms with Gasteiger partial charge in [-0.05, 0) is 53.8 Å². The van der Waals surface area contributed by atoms with Crippen molar-refractivity contribution in [3.05, 3.63) is 46.2 Å². The molecule has 28 heavy (non-hydrogen) atoms. The van der Waals surface area contributed by atoms with Gasteiger partial charge in [0.25, 0.3) is 5.88 Å². The van der Waals surface area contributed by atoms with Crippen LogP contribution in [0, 0.1) is 5.92 Å². The van der Waals surface area contributed by atoms with Crippen molar-refractivity contribution < 1.29 is 14.1 Å². The van der Waals surface area contributed by atoms with Crippen LogP contribution in [0.25, 0.3) is 0 Å². The second-order valence-corrected chi connectivity index (χ2v) is 7.88. The fourth-order valence-corrected chi connectivity index (χ4v) is 3.36. The minimum absolute atomic E-state index is 0.216. The molecule has 0 unspecified atom stereocenters. The standard InChI is InChI=1S/C19H21ClN4O3S/c20-14-5-3-13(4-6-14)9-21-18(28)24-8-7-16-15(11-24)17(23-27-16)26-19(25)22-10-12-1-2-12/h3-6,12H,1-2,7-11H2,(H,21,28)(H,22,25). The molecule has 0 saturated heterocycles. The van der Waals surface area contributed by atoms with Crippen LogP contribution in [0.5, 0.6) is 5.88 Å². The number of carbonyl (C=O) groups excluding carboxylic acids is 1. The van der Waals surface area contributed by atoms with E-state index in [2.05, 4.69) is 15.8 Å². The predicted octanol–water partition coefficient (Wildman–Crippen LogP) is 3.26. The van der Waals surface area contributed by atoms with Gasteiger partial charge in [-0.25, -0.2) is 4.79 Å². The average molecular weight is 421 g/mol. The van der Waals surface area contributed by atoms with Crippen molar-refractivity contribution >= 4 is 35.0 Å². The molecule has 2 heterocycles. The fourth-order valence-electron chi connectivity index (χ4n) is 3.00. The Morgan fingerprint density at radius 3 is 2.86 bits per heavy atom. The van der Waals surface area contributed by atoms with Crippen LogP contribution < -0.4 is 15.4 Å². The van der Waals surface area contributed by atoms with E-state index in [1.165, 1.54) is 0 Å². The van der Waals surface area contributed by atoms with Crippen LogP contribution in [-0.4, -0.2) is 34.4 Å². The van der Waals surface area contributed by atoms with Crippen molar-refractivity contribution in [2.75, 3.05) is 13.1 Å². The molecular formula is C19H21ClN4O3S. The van der Waals surface area contributed by atoms with Gasteiger partial charge in [0.05, 0.1) is 12.1 Å². The quantitative estimate of drug-likeness (QED) is 0.718. The lowest BCUT2D eigenvalue weighted by molar-refractivity contribution is 0.194. The second kappa shape index (κ2) is 8.36. The zero-order valence-electron chi connectivity index (χ0n) is 15.2. The Hall–Kier alpha value is -2.32. The fraction of sp³-hybridized carbons (Fsp3) is 0.421. The topological polar surface area (TPSA) is 79.6 Å². The van der Waals surface area contributed by atoms with Gasteiger partial charge in [0.15, 0.2) is 5.11 Å². The second-order valence-electron chi connectivity index (χ2n) is 7.06. The molecule has 7 nitrogen and oxygen atoms in total. The maximum atomic E-state index is 12.0. The third-order valence-electron chi connectivity index (χ3n) is 4.86. The largest absolute Gasteiger partial charge is 0.414 e. The van der Waals surface area contributed by atoms with Crippen LogP contribution in [0.3, 0.4) is 0 Å². The molecule has 9 heteroatoms. The van der Waals surface area contributed by atoms with Gasteiger partial charge in [0, 0.05) is 31.1 Å². The lowest BCUT2D eigenvalue weighted by atomic mass is 10.1. The maximum Gasteiger partial charge on any atom is 0.414 e. The third-order valence-corrected chi connectivity index (χ3v) is 5.51. The van der Waals surface area contributed by atoms with Crippen LogP contribution in [0.1, 0.15) is 29.7 Å². The Morgan fingerprint density at radius 1 is 1.32 bits per heavy atom. The Bertz CT molecular complexity index is 867. The number of benzene rings is 1. The molecule has 0 atom stereocenters.